The van der Waals surface area contributed by atoms with Crippen molar-refractivity contribution in [3.05, 3.63) is 22.4 Å². The summed E-state index contributed by atoms with van der Waals surface area (Å²) in [5.41, 5.74) is 0. The van der Waals surface area contributed by atoms with Crippen molar-refractivity contribution < 1.29 is 9.53 Å². The van der Waals surface area contributed by atoms with Gasteiger partial charge >= 0.3 is 0 Å². The van der Waals surface area contributed by atoms with Gasteiger partial charge in [0.05, 0.1) is 25.3 Å². The summed E-state index contributed by atoms with van der Waals surface area (Å²) in [6.45, 7) is 6.85. The number of morpholine rings is 1. The van der Waals surface area contributed by atoms with E-state index in [1.54, 1.807) is 11.3 Å². The summed E-state index contributed by atoms with van der Waals surface area (Å²) in [4.78, 5) is 15.2. The smallest absolute Gasteiger partial charge is 0.234 e. The maximum absolute atomic E-state index is 11.8. The molecular weight excluding hydrogens is 248 g/mol. The lowest BCUT2D eigenvalue weighted by Crippen LogP contribution is -2.49. The fourth-order valence-electron chi connectivity index (χ4n) is 2.27. The minimum absolute atomic E-state index is 0.0877. The molecule has 1 saturated heterocycles. The van der Waals surface area contributed by atoms with Gasteiger partial charge in [-0.15, -0.1) is 11.3 Å². The SMILES string of the molecule is CC1CN(CC(=O)NCc2cccs2)CC(C)O1. The number of carbonyl (C=O) groups is 1. The molecule has 0 saturated carbocycles. The van der Waals surface area contributed by atoms with E-state index in [0.717, 1.165) is 13.1 Å². The second kappa shape index (κ2) is 6.31. The molecule has 2 heterocycles. The van der Waals surface area contributed by atoms with Crippen LogP contribution in [-0.4, -0.2) is 42.6 Å². The van der Waals surface area contributed by atoms with Gasteiger partial charge in [-0.1, -0.05) is 6.07 Å². The maximum Gasteiger partial charge on any atom is 0.234 e. The number of thiophene rings is 1. The monoisotopic (exact) mass is 268 g/mol. The Morgan fingerprint density at radius 2 is 2.22 bits per heavy atom. The topological polar surface area (TPSA) is 41.6 Å². The van der Waals surface area contributed by atoms with Gasteiger partial charge in [-0.25, -0.2) is 0 Å². The fourth-order valence-corrected chi connectivity index (χ4v) is 2.92. The molecule has 100 valence electrons. The van der Waals surface area contributed by atoms with E-state index in [-0.39, 0.29) is 18.1 Å². The first-order valence-electron chi connectivity index (χ1n) is 6.30. The van der Waals surface area contributed by atoms with E-state index >= 15 is 0 Å². The molecule has 0 aliphatic carbocycles. The summed E-state index contributed by atoms with van der Waals surface area (Å²) >= 11 is 1.66. The van der Waals surface area contributed by atoms with E-state index in [1.165, 1.54) is 4.88 Å². The lowest BCUT2D eigenvalue weighted by molar-refractivity contribution is -0.126. The van der Waals surface area contributed by atoms with Crippen LogP contribution in [0.4, 0.5) is 0 Å². The highest BCUT2D eigenvalue weighted by Crippen LogP contribution is 2.10. The Balaban J connectivity index is 1.73. The van der Waals surface area contributed by atoms with E-state index in [0.29, 0.717) is 13.1 Å². The Bertz CT molecular complexity index is 370. The van der Waals surface area contributed by atoms with Gasteiger partial charge in [0.15, 0.2) is 0 Å². The molecule has 1 aromatic heterocycles. The van der Waals surface area contributed by atoms with Crippen molar-refractivity contribution in [2.45, 2.75) is 32.6 Å². The summed E-state index contributed by atoms with van der Waals surface area (Å²) < 4.78 is 5.65. The summed E-state index contributed by atoms with van der Waals surface area (Å²) in [7, 11) is 0. The molecule has 1 fully saturated rings. The van der Waals surface area contributed by atoms with Crippen molar-refractivity contribution in [3.63, 3.8) is 0 Å². The zero-order valence-electron chi connectivity index (χ0n) is 10.9. The molecule has 1 aromatic rings. The molecular formula is C13H20N2O2S. The molecule has 5 heteroatoms. The Kier molecular flexibility index (Phi) is 4.74. The largest absolute Gasteiger partial charge is 0.373 e. The summed E-state index contributed by atoms with van der Waals surface area (Å²) in [5.74, 6) is 0.0877. The molecule has 1 N–H and O–H groups in total. The first-order chi connectivity index (χ1) is 8.63. The van der Waals surface area contributed by atoms with Crippen molar-refractivity contribution in [2.24, 2.45) is 0 Å². The average Bonchev–Trinajstić information content (AvgIpc) is 2.77. The number of hydrogen-bond acceptors (Lipinski definition) is 4. The second-order valence-electron chi connectivity index (χ2n) is 4.81. The van der Waals surface area contributed by atoms with E-state index in [4.69, 9.17) is 4.74 Å². The van der Waals surface area contributed by atoms with Gasteiger partial charge in [0, 0.05) is 18.0 Å². The third-order valence-corrected chi connectivity index (χ3v) is 3.78. The molecule has 0 aromatic carbocycles. The van der Waals surface area contributed by atoms with Gasteiger partial charge in [0.1, 0.15) is 0 Å². The Hall–Kier alpha value is -0.910. The zero-order chi connectivity index (χ0) is 13.0. The zero-order valence-corrected chi connectivity index (χ0v) is 11.7. The Morgan fingerprint density at radius 3 is 2.83 bits per heavy atom. The standard InChI is InChI=1S/C13H20N2O2S/c1-10-7-15(8-11(2)17-10)9-13(16)14-6-12-4-3-5-18-12/h3-5,10-11H,6-9H2,1-2H3,(H,14,16). The lowest BCUT2D eigenvalue weighted by atomic mass is 10.2. The third kappa shape index (κ3) is 4.08. The minimum Gasteiger partial charge on any atom is -0.373 e. The molecule has 0 spiro atoms. The van der Waals surface area contributed by atoms with Crippen molar-refractivity contribution in [2.75, 3.05) is 19.6 Å². The van der Waals surface area contributed by atoms with Crippen LogP contribution in [0.1, 0.15) is 18.7 Å². The number of nitrogens with zero attached hydrogens (tertiary/aromatic N) is 1. The number of carbonyl (C=O) groups excluding carboxylic acids is 1. The van der Waals surface area contributed by atoms with Crippen LogP contribution in [0.3, 0.4) is 0 Å². The van der Waals surface area contributed by atoms with Crippen LogP contribution in [0.2, 0.25) is 0 Å². The van der Waals surface area contributed by atoms with Gasteiger partial charge in [-0.3, -0.25) is 9.69 Å². The van der Waals surface area contributed by atoms with Crippen LogP contribution < -0.4 is 5.32 Å². The summed E-state index contributed by atoms with van der Waals surface area (Å²) in [6.07, 6.45) is 0.415. The molecule has 1 amide bonds. The van der Waals surface area contributed by atoms with Gasteiger partial charge in [-0.05, 0) is 25.3 Å². The number of hydrogen-bond donors (Lipinski definition) is 1. The van der Waals surface area contributed by atoms with E-state index in [1.807, 2.05) is 31.4 Å². The Labute approximate surface area is 112 Å². The molecule has 18 heavy (non-hydrogen) atoms. The van der Waals surface area contributed by atoms with Crippen molar-refractivity contribution in [3.8, 4) is 0 Å². The van der Waals surface area contributed by atoms with Crippen LogP contribution in [0.5, 0.6) is 0 Å². The number of amides is 1. The van der Waals surface area contributed by atoms with Gasteiger partial charge in [0.2, 0.25) is 5.91 Å². The molecule has 2 atom stereocenters. The fraction of sp³-hybridized carbons (Fsp3) is 0.615. The highest BCUT2D eigenvalue weighted by atomic mass is 32.1. The van der Waals surface area contributed by atoms with Crippen LogP contribution >= 0.6 is 11.3 Å². The summed E-state index contributed by atoms with van der Waals surface area (Å²) in [5, 5.41) is 4.97. The minimum atomic E-state index is 0.0877. The maximum atomic E-state index is 11.8. The normalized spacial score (nSPS) is 25.0. The second-order valence-corrected chi connectivity index (χ2v) is 5.84. The van der Waals surface area contributed by atoms with Gasteiger partial charge in [-0.2, -0.15) is 0 Å². The van der Waals surface area contributed by atoms with E-state index < -0.39 is 0 Å². The first kappa shape index (κ1) is 13.5. The van der Waals surface area contributed by atoms with Crippen molar-refractivity contribution >= 4 is 17.2 Å². The van der Waals surface area contributed by atoms with Crippen LogP contribution in [0, 0.1) is 0 Å². The van der Waals surface area contributed by atoms with Crippen LogP contribution in [0.15, 0.2) is 17.5 Å². The third-order valence-electron chi connectivity index (χ3n) is 2.90. The van der Waals surface area contributed by atoms with Gasteiger partial charge < -0.3 is 10.1 Å². The predicted octanol–water partition coefficient (Wildman–Crippen LogP) is 1.47. The van der Waals surface area contributed by atoms with Gasteiger partial charge in [0.25, 0.3) is 0 Å². The number of rotatable bonds is 4. The predicted molar refractivity (Wildman–Crippen MR) is 72.6 cm³/mol. The molecule has 4 nitrogen and oxygen atoms in total. The van der Waals surface area contributed by atoms with Crippen molar-refractivity contribution in [1.82, 2.24) is 10.2 Å². The number of ether oxygens (including phenoxy) is 1. The molecule has 2 unspecified atom stereocenters. The van der Waals surface area contributed by atoms with E-state index in [9.17, 15) is 4.79 Å². The van der Waals surface area contributed by atoms with Crippen molar-refractivity contribution in [1.29, 1.82) is 0 Å². The quantitative estimate of drug-likeness (QED) is 0.899. The molecule has 1 aliphatic rings. The van der Waals surface area contributed by atoms with Crippen LogP contribution in [-0.2, 0) is 16.1 Å². The Morgan fingerprint density at radius 1 is 1.50 bits per heavy atom. The molecule has 2 rings (SSSR count). The molecule has 1 aliphatic heterocycles. The highest BCUT2D eigenvalue weighted by Gasteiger charge is 2.23. The lowest BCUT2D eigenvalue weighted by Gasteiger charge is -2.34. The molecule has 0 radical (unpaired) electrons. The first-order valence-corrected chi connectivity index (χ1v) is 7.18. The highest BCUT2D eigenvalue weighted by molar-refractivity contribution is 7.09. The summed E-state index contributed by atoms with van der Waals surface area (Å²) in [6, 6.07) is 4.03. The molecule has 0 bridgehead atoms. The van der Waals surface area contributed by atoms with E-state index in [2.05, 4.69) is 10.2 Å². The number of nitrogens with one attached hydrogen (secondary N) is 1. The average molecular weight is 268 g/mol. The van der Waals surface area contributed by atoms with Crippen LogP contribution in [0.25, 0.3) is 0 Å².